The van der Waals surface area contributed by atoms with Crippen LogP contribution in [0.25, 0.3) is 5.57 Å². The first kappa shape index (κ1) is 22.3. The average Bonchev–Trinajstić information content (AvgIpc) is 2.59. The molecule has 0 amide bonds. The minimum atomic E-state index is -3.05. The number of hydrogen-bond acceptors (Lipinski definition) is 3. The molecule has 3 rings (SSSR count). The van der Waals surface area contributed by atoms with E-state index < -0.39 is 5.92 Å². The maximum Gasteiger partial charge on any atom is 0.271 e. The van der Waals surface area contributed by atoms with E-state index in [1.807, 2.05) is 26.8 Å². The van der Waals surface area contributed by atoms with Gasteiger partial charge in [0.2, 0.25) is 0 Å². The highest BCUT2D eigenvalue weighted by Gasteiger charge is 2.34. The molecule has 0 heterocycles. The molecule has 2 aromatic carbocycles. The van der Waals surface area contributed by atoms with Crippen LogP contribution >= 0.6 is 11.6 Å². The van der Waals surface area contributed by atoms with Gasteiger partial charge in [-0.05, 0) is 53.3 Å². The fourth-order valence-electron chi connectivity index (χ4n) is 3.81. The van der Waals surface area contributed by atoms with Crippen molar-refractivity contribution in [1.82, 2.24) is 0 Å². The Bertz CT molecular complexity index is 1020. The third-order valence-electron chi connectivity index (χ3n) is 5.23. The lowest BCUT2D eigenvalue weighted by atomic mass is 9.74. The Kier molecular flexibility index (Phi) is 5.96. The predicted molar refractivity (Wildman–Crippen MR) is 114 cm³/mol. The van der Waals surface area contributed by atoms with Crippen molar-refractivity contribution < 1.29 is 23.4 Å². The van der Waals surface area contributed by atoms with Crippen molar-refractivity contribution in [3.8, 4) is 11.5 Å². The summed E-state index contributed by atoms with van der Waals surface area (Å²) in [7, 11) is 0. The summed E-state index contributed by atoms with van der Waals surface area (Å²) in [6, 6.07) is 9.29. The summed E-state index contributed by atoms with van der Waals surface area (Å²) >= 11 is 6.00. The normalized spacial score (nSPS) is 16.7. The quantitative estimate of drug-likeness (QED) is 0.531. The molecule has 0 unspecified atom stereocenters. The van der Waals surface area contributed by atoms with Crippen LogP contribution in [0.1, 0.15) is 57.2 Å². The van der Waals surface area contributed by atoms with Crippen molar-refractivity contribution in [2.45, 2.75) is 52.9 Å². The minimum Gasteiger partial charge on any atom is -0.512 e. The number of benzene rings is 2. The van der Waals surface area contributed by atoms with Crippen molar-refractivity contribution in [3.05, 3.63) is 63.9 Å². The number of aliphatic hydroxyl groups excluding tert-OH is 1. The summed E-state index contributed by atoms with van der Waals surface area (Å²) in [5.41, 5.74) is 1.32. The van der Waals surface area contributed by atoms with Crippen LogP contribution < -0.4 is 4.74 Å². The number of hydrogen-bond donors (Lipinski definition) is 1. The first-order valence-electron chi connectivity index (χ1n) is 9.85. The van der Waals surface area contributed by atoms with Crippen molar-refractivity contribution >= 4 is 23.0 Å². The van der Waals surface area contributed by atoms with Gasteiger partial charge in [-0.2, -0.15) is 0 Å². The molecule has 1 N–H and O–H groups in total. The van der Waals surface area contributed by atoms with E-state index in [1.54, 1.807) is 12.1 Å². The average molecular weight is 435 g/mol. The molecule has 0 saturated heterocycles. The van der Waals surface area contributed by atoms with Gasteiger partial charge in [0.05, 0.1) is 10.6 Å². The Hall–Kier alpha value is -2.40. The zero-order chi connectivity index (χ0) is 22.3. The second-order valence-corrected chi connectivity index (χ2v) is 8.97. The lowest BCUT2D eigenvalue weighted by Gasteiger charge is -2.30. The van der Waals surface area contributed by atoms with Crippen LogP contribution in [-0.4, -0.2) is 10.9 Å². The van der Waals surface area contributed by atoms with Crippen LogP contribution in [-0.2, 0) is 17.1 Å². The van der Waals surface area contributed by atoms with Gasteiger partial charge in [-0.1, -0.05) is 38.4 Å². The summed E-state index contributed by atoms with van der Waals surface area (Å²) in [5.74, 6) is -2.34. The summed E-state index contributed by atoms with van der Waals surface area (Å²) in [4.78, 5) is 12.8. The van der Waals surface area contributed by atoms with Crippen LogP contribution in [0.2, 0.25) is 5.02 Å². The van der Waals surface area contributed by atoms with Gasteiger partial charge >= 0.3 is 0 Å². The number of Topliss-reactive ketones (excluding diaryl/α,β-unsaturated/α-hetero) is 1. The van der Waals surface area contributed by atoms with Crippen LogP contribution in [0.15, 0.2) is 42.2 Å². The van der Waals surface area contributed by atoms with E-state index in [0.29, 0.717) is 41.9 Å². The Labute approximate surface area is 180 Å². The third-order valence-corrected chi connectivity index (χ3v) is 5.55. The molecule has 2 aromatic rings. The fraction of sp³-hybridized carbons (Fsp3) is 0.375. The van der Waals surface area contributed by atoms with E-state index in [0.717, 1.165) is 12.5 Å². The maximum atomic E-state index is 13.6. The highest BCUT2D eigenvalue weighted by atomic mass is 35.5. The Morgan fingerprint density at radius 2 is 1.77 bits per heavy atom. The first-order valence-corrected chi connectivity index (χ1v) is 10.2. The highest BCUT2D eigenvalue weighted by Crippen LogP contribution is 2.41. The van der Waals surface area contributed by atoms with Gasteiger partial charge in [0.1, 0.15) is 17.3 Å². The van der Waals surface area contributed by atoms with E-state index in [4.69, 9.17) is 16.3 Å². The molecule has 0 bridgehead atoms. The number of halogens is 3. The molecule has 3 nitrogen and oxygen atoms in total. The van der Waals surface area contributed by atoms with E-state index in [-0.39, 0.29) is 27.5 Å². The van der Waals surface area contributed by atoms with E-state index >= 15 is 0 Å². The van der Waals surface area contributed by atoms with Gasteiger partial charge in [-0.3, -0.25) is 4.79 Å². The van der Waals surface area contributed by atoms with Crippen molar-refractivity contribution in [2.75, 3.05) is 0 Å². The number of ketones is 1. The molecular formula is C24H25ClF2O3. The number of alkyl halides is 2. The molecule has 30 heavy (non-hydrogen) atoms. The summed E-state index contributed by atoms with van der Waals surface area (Å²) < 4.78 is 32.9. The first-order chi connectivity index (χ1) is 13.9. The molecule has 6 heteroatoms. The molecule has 0 saturated carbocycles. The molecule has 0 atom stereocenters. The SMILES string of the molecule is CCc1ccc(Oc2ccc(C(C)(F)F)c(Cl)c2)cc1C1=C(O)CC(C)(C)CC1=O. The second kappa shape index (κ2) is 8.03. The molecule has 0 radical (unpaired) electrons. The topological polar surface area (TPSA) is 46.5 Å². The number of carbonyl (C=O) groups is 1. The molecule has 1 aliphatic rings. The molecule has 1 aliphatic carbocycles. The number of carbonyl (C=O) groups excluding carboxylic acids is 1. The number of rotatable bonds is 5. The zero-order valence-electron chi connectivity index (χ0n) is 17.5. The van der Waals surface area contributed by atoms with E-state index in [2.05, 4.69) is 0 Å². The maximum absolute atomic E-state index is 13.6. The van der Waals surface area contributed by atoms with Crippen molar-refractivity contribution in [1.29, 1.82) is 0 Å². The molecule has 0 aliphatic heterocycles. The largest absolute Gasteiger partial charge is 0.512 e. The van der Waals surface area contributed by atoms with Gasteiger partial charge < -0.3 is 9.84 Å². The monoisotopic (exact) mass is 434 g/mol. The van der Waals surface area contributed by atoms with E-state index in [1.165, 1.54) is 18.2 Å². The van der Waals surface area contributed by atoms with Gasteiger partial charge in [0.15, 0.2) is 5.78 Å². The van der Waals surface area contributed by atoms with Gasteiger partial charge in [-0.15, -0.1) is 0 Å². The minimum absolute atomic E-state index is 0.0840. The predicted octanol–water partition coefficient (Wildman–Crippen LogP) is 7.46. The third kappa shape index (κ3) is 4.67. The Morgan fingerprint density at radius 3 is 2.33 bits per heavy atom. The Balaban J connectivity index is 1.98. The fourth-order valence-corrected chi connectivity index (χ4v) is 4.14. The van der Waals surface area contributed by atoms with Crippen LogP contribution in [0.5, 0.6) is 11.5 Å². The summed E-state index contributed by atoms with van der Waals surface area (Å²) in [6.45, 7) is 6.65. The van der Waals surface area contributed by atoms with Crippen LogP contribution in [0.4, 0.5) is 8.78 Å². The van der Waals surface area contributed by atoms with Crippen molar-refractivity contribution in [3.63, 3.8) is 0 Å². The number of allylic oxidation sites excluding steroid dienone is 2. The van der Waals surface area contributed by atoms with Crippen LogP contribution in [0, 0.1) is 5.41 Å². The number of aryl methyl sites for hydroxylation is 1. The summed E-state index contributed by atoms with van der Waals surface area (Å²) in [6.07, 6.45) is 1.45. The standard InChI is InChI=1S/C24H25ClF2O3/c1-5-14-6-7-15(30-16-8-9-18(19(25)11-16)24(4,26)27)10-17(14)22-20(28)12-23(2,3)13-21(22)29/h6-11,28H,5,12-13H2,1-4H3. The lowest BCUT2D eigenvalue weighted by Crippen LogP contribution is -2.25. The van der Waals surface area contributed by atoms with Gasteiger partial charge in [-0.25, -0.2) is 8.78 Å². The number of aliphatic hydroxyl groups is 1. The second-order valence-electron chi connectivity index (χ2n) is 8.57. The molecule has 160 valence electrons. The van der Waals surface area contributed by atoms with E-state index in [9.17, 15) is 18.7 Å². The van der Waals surface area contributed by atoms with Crippen molar-refractivity contribution in [2.24, 2.45) is 5.41 Å². The summed E-state index contributed by atoms with van der Waals surface area (Å²) in [5, 5.41) is 10.5. The smallest absolute Gasteiger partial charge is 0.271 e. The number of ether oxygens (including phenoxy) is 1. The van der Waals surface area contributed by atoms with Crippen LogP contribution in [0.3, 0.4) is 0 Å². The lowest BCUT2D eigenvalue weighted by molar-refractivity contribution is -0.116. The zero-order valence-corrected chi connectivity index (χ0v) is 18.2. The van der Waals surface area contributed by atoms with Gasteiger partial charge in [0.25, 0.3) is 5.92 Å². The molecule has 0 spiro atoms. The van der Waals surface area contributed by atoms with Gasteiger partial charge in [0, 0.05) is 25.3 Å². The highest BCUT2D eigenvalue weighted by molar-refractivity contribution is 6.31. The molecule has 0 fully saturated rings. The molecule has 0 aromatic heterocycles. The molecular weight excluding hydrogens is 410 g/mol. The Morgan fingerprint density at radius 1 is 1.13 bits per heavy atom.